The molecule has 0 saturated carbocycles. The fourth-order valence-corrected chi connectivity index (χ4v) is 4.88. The Hall–Kier alpha value is -4.96. The molecular formula is C34H38N4O6. The number of aryl methyl sites for hydroxylation is 1. The van der Waals surface area contributed by atoms with E-state index in [0.717, 1.165) is 22.3 Å². The monoisotopic (exact) mass is 598 g/mol. The molecule has 10 heteroatoms. The summed E-state index contributed by atoms with van der Waals surface area (Å²) in [7, 11) is 0. The van der Waals surface area contributed by atoms with E-state index in [-0.39, 0.29) is 30.5 Å². The third-order valence-electron chi connectivity index (χ3n) is 7.15. The first-order valence-corrected chi connectivity index (χ1v) is 14.6. The van der Waals surface area contributed by atoms with E-state index in [0.29, 0.717) is 18.5 Å². The number of anilines is 1. The van der Waals surface area contributed by atoms with Crippen LogP contribution in [0.5, 0.6) is 0 Å². The third kappa shape index (κ3) is 9.02. The Kier molecular flexibility index (Phi) is 11.3. The van der Waals surface area contributed by atoms with Crippen molar-refractivity contribution in [2.75, 3.05) is 5.32 Å². The summed E-state index contributed by atoms with van der Waals surface area (Å²) in [5, 5.41) is 27.2. The number of aliphatic hydroxyl groups is 1. The van der Waals surface area contributed by atoms with Gasteiger partial charge in [0, 0.05) is 12.2 Å². The highest BCUT2D eigenvalue weighted by molar-refractivity contribution is 6.02. The number of amides is 3. The van der Waals surface area contributed by atoms with Crippen molar-refractivity contribution in [3.05, 3.63) is 120 Å². The number of nitrogens with zero attached hydrogens (tertiary/aromatic N) is 2. The molecule has 10 nitrogen and oxygen atoms in total. The zero-order valence-corrected chi connectivity index (χ0v) is 24.8. The number of benzene rings is 3. The Morgan fingerprint density at radius 2 is 1.48 bits per heavy atom. The van der Waals surface area contributed by atoms with E-state index in [1.165, 1.54) is 0 Å². The highest BCUT2D eigenvalue weighted by Crippen LogP contribution is 2.23. The van der Waals surface area contributed by atoms with E-state index in [2.05, 4.69) is 15.6 Å². The van der Waals surface area contributed by atoms with E-state index in [1.54, 1.807) is 36.4 Å². The van der Waals surface area contributed by atoms with Crippen LogP contribution in [0.2, 0.25) is 0 Å². The maximum absolute atomic E-state index is 13.8. The zero-order valence-electron chi connectivity index (χ0n) is 24.8. The predicted octanol–water partition coefficient (Wildman–Crippen LogP) is 5.67. The Balaban J connectivity index is 1.56. The Bertz CT molecular complexity index is 1490. The SMILES string of the molecule is CC(C)CC(C(=O)NC(CCc1ccccc1)C(O)c1nc(C(=O)Nc2ccccc2)co1)N(Cc1ccccc1)C(=O)O. The summed E-state index contributed by atoms with van der Waals surface area (Å²) in [4.78, 5) is 44.3. The number of hydrogen-bond acceptors (Lipinski definition) is 6. The summed E-state index contributed by atoms with van der Waals surface area (Å²) in [5.74, 6) is -1.18. The molecular weight excluding hydrogens is 560 g/mol. The lowest BCUT2D eigenvalue weighted by atomic mass is 9.98. The van der Waals surface area contributed by atoms with Crippen LogP contribution in [0.4, 0.5) is 10.5 Å². The van der Waals surface area contributed by atoms with Crippen molar-refractivity contribution in [1.29, 1.82) is 0 Å². The minimum Gasteiger partial charge on any atom is -0.465 e. The molecule has 0 aliphatic carbocycles. The van der Waals surface area contributed by atoms with Gasteiger partial charge in [0.15, 0.2) is 11.8 Å². The molecule has 1 aromatic heterocycles. The molecule has 4 N–H and O–H groups in total. The van der Waals surface area contributed by atoms with Crippen molar-refractivity contribution < 1.29 is 29.0 Å². The number of aromatic nitrogens is 1. The van der Waals surface area contributed by atoms with Crippen LogP contribution in [0.3, 0.4) is 0 Å². The quantitative estimate of drug-likeness (QED) is 0.146. The van der Waals surface area contributed by atoms with Gasteiger partial charge in [0.05, 0.1) is 6.04 Å². The van der Waals surface area contributed by atoms with Gasteiger partial charge in [0.2, 0.25) is 11.8 Å². The van der Waals surface area contributed by atoms with Crippen molar-refractivity contribution >= 4 is 23.6 Å². The summed E-state index contributed by atoms with van der Waals surface area (Å²) >= 11 is 0. The molecule has 4 aromatic rings. The minimum absolute atomic E-state index is 0.00786. The molecule has 1 heterocycles. The van der Waals surface area contributed by atoms with Crippen LogP contribution < -0.4 is 10.6 Å². The van der Waals surface area contributed by atoms with Gasteiger partial charge in [-0.2, -0.15) is 0 Å². The van der Waals surface area contributed by atoms with Crippen molar-refractivity contribution in [2.24, 2.45) is 5.92 Å². The molecule has 230 valence electrons. The number of carbonyl (C=O) groups excluding carboxylic acids is 2. The van der Waals surface area contributed by atoms with E-state index < -0.39 is 36.1 Å². The minimum atomic E-state index is -1.41. The third-order valence-corrected chi connectivity index (χ3v) is 7.15. The molecule has 3 aromatic carbocycles. The van der Waals surface area contributed by atoms with E-state index in [4.69, 9.17) is 4.42 Å². The summed E-state index contributed by atoms with van der Waals surface area (Å²) < 4.78 is 5.51. The van der Waals surface area contributed by atoms with Crippen molar-refractivity contribution in [1.82, 2.24) is 15.2 Å². The number of para-hydroxylation sites is 1. The maximum atomic E-state index is 13.8. The number of oxazole rings is 1. The molecule has 0 aliphatic heterocycles. The molecule has 3 unspecified atom stereocenters. The molecule has 0 aliphatic rings. The van der Waals surface area contributed by atoms with Crippen molar-refractivity contribution in [3.63, 3.8) is 0 Å². The molecule has 0 bridgehead atoms. The number of carbonyl (C=O) groups is 3. The number of carboxylic acid groups (broad SMARTS) is 1. The largest absolute Gasteiger partial charge is 0.465 e. The van der Waals surface area contributed by atoms with Crippen LogP contribution in [0.1, 0.15) is 60.3 Å². The first-order chi connectivity index (χ1) is 21.2. The molecule has 44 heavy (non-hydrogen) atoms. The topological polar surface area (TPSA) is 145 Å². The Morgan fingerprint density at radius 3 is 2.07 bits per heavy atom. The van der Waals surface area contributed by atoms with Crippen LogP contribution in [-0.4, -0.2) is 50.1 Å². The van der Waals surface area contributed by atoms with Gasteiger partial charge in [0.25, 0.3) is 5.91 Å². The molecule has 0 spiro atoms. The lowest BCUT2D eigenvalue weighted by molar-refractivity contribution is -0.128. The first kappa shape index (κ1) is 32.0. The van der Waals surface area contributed by atoms with Crippen LogP contribution >= 0.6 is 0 Å². The average molecular weight is 599 g/mol. The summed E-state index contributed by atoms with van der Waals surface area (Å²) in [6.45, 7) is 3.86. The summed E-state index contributed by atoms with van der Waals surface area (Å²) in [5.41, 5.74) is 2.28. The lowest BCUT2D eigenvalue weighted by Crippen LogP contribution is -2.53. The van der Waals surface area contributed by atoms with Gasteiger partial charge in [-0.05, 0) is 48.4 Å². The van der Waals surface area contributed by atoms with Gasteiger partial charge in [-0.15, -0.1) is 0 Å². The second-order valence-corrected chi connectivity index (χ2v) is 11.0. The van der Waals surface area contributed by atoms with Crippen LogP contribution in [0.25, 0.3) is 0 Å². The van der Waals surface area contributed by atoms with Gasteiger partial charge in [0.1, 0.15) is 12.3 Å². The lowest BCUT2D eigenvalue weighted by Gasteiger charge is -2.32. The summed E-state index contributed by atoms with van der Waals surface area (Å²) in [6, 6.07) is 25.6. The fourth-order valence-electron chi connectivity index (χ4n) is 4.88. The summed E-state index contributed by atoms with van der Waals surface area (Å²) in [6.07, 6.45) is -0.404. The van der Waals surface area contributed by atoms with Crippen LogP contribution in [0.15, 0.2) is 102 Å². The number of rotatable bonds is 14. The van der Waals surface area contributed by atoms with Gasteiger partial charge >= 0.3 is 6.09 Å². The highest BCUT2D eigenvalue weighted by atomic mass is 16.4. The number of nitrogens with one attached hydrogen (secondary N) is 2. The van der Waals surface area contributed by atoms with E-state index in [9.17, 15) is 24.6 Å². The Morgan fingerprint density at radius 1 is 0.886 bits per heavy atom. The fraction of sp³-hybridized carbons (Fsp3) is 0.294. The van der Waals surface area contributed by atoms with Gasteiger partial charge < -0.3 is 25.3 Å². The second-order valence-electron chi connectivity index (χ2n) is 11.0. The van der Waals surface area contributed by atoms with E-state index >= 15 is 0 Å². The first-order valence-electron chi connectivity index (χ1n) is 14.6. The molecule has 0 radical (unpaired) electrons. The smallest absolute Gasteiger partial charge is 0.408 e. The highest BCUT2D eigenvalue weighted by Gasteiger charge is 2.34. The van der Waals surface area contributed by atoms with Crippen molar-refractivity contribution in [2.45, 2.75) is 57.8 Å². The Labute approximate surface area is 256 Å². The molecule has 0 saturated heterocycles. The standard InChI is InChI=1S/C34H38N4O6/c1-23(2)20-29(38(34(42)43)21-25-14-8-4-9-15-25)32(41)36-27(19-18-24-12-6-3-7-13-24)30(39)33-37-28(22-44-33)31(40)35-26-16-10-5-11-17-26/h3-17,22-23,27,29-30,39H,18-21H2,1-2H3,(H,35,40)(H,36,41)(H,42,43). The predicted molar refractivity (Wildman–Crippen MR) is 166 cm³/mol. The van der Waals surface area contributed by atoms with Crippen molar-refractivity contribution in [3.8, 4) is 0 Å². The average Bonchev–Trinajstić information content (AvgIpc) is 3.52. The van der Waals surface area contributed by atoms with Gasteiger partial charge in [-0.3, -0.25) is 14.5 Å². The van der Waals surface area contributed by atoms with Crippen LogP contribution in [0, 0.1) is 5.92 Å². The zero-order chi connectivity index (χ0) is 31.5. The molecule has 0 fully saturated rings. The van der Waals surface area contributed by atoms with Gasteiger partial charge in [-0.25, -0.2) is 9.78 Å². The number of hydrogen-bond donors (Lipinski definition) is 4. The second kappa shape index (κ2) is 15.5. The molecule has 4 rings (SSSR count). The molecule has 3 atom stereocenters. The van der Waals surface area contributed by atoms with E-state index in [1.807, 2.05) is 68.4 Å². The van der Waals surface area contributed by atoms with Crippen LogP contribution in [-0.2, 0) is 17.8 Å². The van der Waals surface area contributed by atoms with Gasteiger partial charge in [-0.1, -0.05) is 92.7 Å². The molecule has 3 amide bonds. The normalized spacial score (nSPS) is 13.1. The maximum Gasteiger partial charge on any atom is 0.408 e. The number of aliphatic hydroxyl groups excluding tert-OH is 1.